The summed E-state index contributed by atoms with van der Waals surface area (Å²) >= 11 is 0. The molecule has 23 heavy (non-hydrogen) atoms. The number of hydrogen-bond acceptors (Lipinski definition) is 4. The molecular weight excluding hydrogens is 290 g/mol. The number of para-hydroxylation sites is 2. The summed E-state index contributed by atoms with van der Waals surface area (Å²) < 4.78 is 5.91. The summed E-state index contributed by atoms with van der Waals surface area (Å²) in [5.74, 6) is 0.888. The van der Waals surface area contributed by atoms with Gasteiger partial charge in [0.1, 0.15) is 17.2 Å². The summed E-state index contributed by atoms with van der Waals surface area (Å²) in [6, 6.07) is 17.6. The normalized spacial score (nSPS) is 15.7. The number of primary amides is 1. The number of nitrogens with zero attached hydrogens (tertiary/aromatic N) is 2. The van der Waals surface area contributed by atoms with E-state index in [1.165, 1.54) is 0 Å². The number of hydrazone groups is 1. The molecule has 0 unspecified atom stereocenters. The Morgan fingerprint density at radius 2 is 1.87 bits per heavy atom. The van der Waals surface area contributed by atoms with Crippen LogP contribution in [-0.4, -0.2) is 18.2 Å². The summed E-state index contributed by atoms with van der Waals surface area (Å²) in [5.41, 5.74) is 9.08. The maximum Gasteiger partial charge on any atom is 0.225 e. The number of carbonyl (C=O) groups excluding carboxylic acids is 1. The number of amides is 1. The maximum atomic E-state index is 11.4. The molecule has 0 fully saturated rings. The molecule has 2 aromatic rings. The average Bonchev–Trinajstić information content (AvgIpc) is 3.01. The Kier molecular flexibility index (Phi) is 3.12. The predicted molar refractivity (Wildman–Crippen MR) is 88.2 cm³/mol. The minimum Gasteiger partial charge on any atom is -0.460 e. The molecule has 0 saturated heterocycles. The van der Waals surface area contributed by atoms with Crippen molar-refractivity contribution in [1.82, 2.24) is 0 Å². The second kappa shape index (κ2) is 5.28. The standard InChI is InChI=1S/C18H15N3O2/c19-17(22)10-16-14-11-21(12-6-2-1-3-7-12)20-18(14)13-8-4-5-9-15(13)23-16/h1-9H,10-11H2,(H2,19,22). The number of anilines is 1. The van der Waals surface area contributed by atoms with Gasteiger partial charge in [-0.05, 0) is 24.3 Å². The molecule has 2 aliphatic heterocycles. The van der Waals surface area contributed by atoms with E-state index in [1.807, 2.05) is 59.6 Å². The molecule has 2 N–H and O–H groups in total. The number of fused-ring (bicyclic) bond motifs is 3. The first-order valence-electron chi connectivity index (χ1n) is 7.41. The molecule has 5 nitrogen and oxygen atoms in total. The largest absolute Gasteiger partial charge is 0.460 e. The highest BCUT2D eigenvalue weighted by Crippen LogP contribution is 2.36. The van der Waals surface area contributed by atoms with Crippen LogP contribution in [0, 0.1) is 0 Å². The zero-order valence-corrected chi connectivity index (χ0v) is 12.4. The SMILES string of the molecule is NC(=O)CC1=C2CN(c3ccccc3)N=C2c2ccccc2O1. The van der Waals surface area contributed by atoms with Gasteiger partial charge in [0.2, 0.25) is 5.91 Å². The first kappa shape index (κ1) is 13.6. The number of nitrogens with two attached hydrogens (primary N) is 1. The highest BCUT2D eigenvalue weighted by molar-refractivity contribution is 6.18. The minimum absolute atomic E-state index is 0.0747. The fourth-order valence-corrected chi connectivity index (χ4v) is 2.87. The van der Waals surface area contributed by atoms with Crippen molar-refractivity contribution in [2.75, 3.05) is 11.6 Å². The van der Waals surface area contributed by atoms with Crippen molar-refractivity contribution in [2.45, 2.75) is 6.42 Å². The second-order valence-electron chi connectivity index (χ2n) is 5.48. The summed E-state index contributed by atoms with van der Waals surface area (Å²) in [4.78, 5) is 11.4. The zero-order chi connectivity index (χ0) is 15.8. The predicted octanol–water partition coefficient (Wildman–Crippen LogP) is 2.43. The van der Waals surface area contributed by atoms with Crippen molar-refractivity contribution in [3.05, 3.63) is 71.5 Å². The van der Waals surface area contributed by atoms with Gasteiger partial charge in [0.05, 0.1) is 18.7 Å². The molecule has 0 saturated carbocycles. The van der Waals surface area contributed by atoms with Gasteiger partial charge in [0, 0.05) is 11.1 Å². The Hall–Kier alpha value is -3.08. The molecule has 2 aliphatic rings. The van der Waals surface area contributed by atoms with Crippen LogP contribution in [0.5, 0.6) is 5.75 Å². The lowest BCUT2D eigenvalue weighted by Gasteiger charge is -2.21. The average molecular weight is 305 g/mol. The molecule has 0 aromatic heterocycles. The van der Waals surface area contributed by atoms with E-state index < -0.39 is 5.91 Å². The molecule has 2 heterocycles. The number of carbonyl (C=O) groups is 1. The molecule has 2 aromatic carbocycles. The van der Waals surface area contributed by atoms with Crippen LogP contribution in [0.1, 0.15) is 12.0 Å². The van der Waals surface area contributed by atoms with Crippen LogP contribution in [0.3, 0.4) is 0 Å². The van der Waals surface area contributed by atoms with Gasteiger partial charge in [0.25, 0.3) is 0 Å². The van der Waals surface area contributed by atoms with Crippen LogP contribution in [0.25, 0.3) is 0 Å². The maximum absolute atomic E-state index is 11.4. The Bertz CT molecular complexity index is 840. The molecule has 0 spiro atoms. The number of benzene rings is 2. The van der Waals surface area contributed by atoms with Gasteiger partial charge in [-0.15, -0.1) is 0 Å². The van der Waals surface area contributed by atoms with Crippen molar-refractivity contribution in [2.24, 2.45) is 10.8 Å². The van der Waals surface area contributed by atoms with Crippen LogP contribution < -0.4 is 15.5 Å². The molecule has 0 aliphatic carbocycles. The fraction of sp³-hybridized carbons (Fsp3) is 0.111. The van der Waals surface area contributed by atoms with E-state index >= 15 is 0 Å². The Balaban J connectivity index is 1.81. The lowest BCUT2D eigenvalue weighted by molar-refractivity contribution is -0.117. The quantitative estimate of drug-likeness (QED) is 0.947. The van der Waals surface area contributed by atoms with Crippen molar-refractivity contribution in [1.29, 1.82) is 0 Å². The minimum atomic E-state index is -0.413. The summed E-state index contributed by atoms with van der Waals surface area (Å²) in [7, 11) is 0. The van der Waals surface area contributed by atoms with E-state index in [-0.39, 0.29) is 6.42 Å². The number of hydrogen-bond donors (Lipinski definition) is 1. The first-order valence-corrected chi connectivity index (χ1v) is 7.41. The van der Waals surface area contributed by atoms with Gasteiger partial charge in [-0.25, -0.2) is 0 Å². The monoisotopic (exact) mass is 305 g/mol. The molecule has 0 bridgehead atoms. The molecular formula is C18H15N3O2. The van der Waals surface area contributed by atoms with Crippen LogP contribution >= 0.6 is 0 Å². The van der Waals surface area contributed by atoms with E-state index in [2.05, 4.69) is 0 Å². The smallest absolute Gasteiger partial charge is 0.225 e. The van der Waals surface area contributed by atoms with Crippen LogP contribution in [0.2, 0.25) is 0 Å². The van der Waals surface area contributed by atoms with Gasteiger partial charge >= 0.3 is 0 Å². The third kappa shape index (κ3) is 2.36. The highest BCUT2D eigenvalue weighted by atomic mass is 16.5. The van der Waals surface area contributed by atoms with Gasteiger partial charge in [-0.1, -0.05) is 30.3 Å². The van der Waals surface area contributed by atoms with Crippen molar-refractivity contribution >= 4 is 17.3 Å². The van der Waals surface area contributed by atoms with Gasteiger partial charge in [0.15, 0.2) is 0 Å². The second-order valence-corrected chi connectivity index (χ2v) is 5.48. The highest BCUT2D eigenvalue weighted by Gasteiger charge is 2.32. The lowest BCUT2D eigenvalue weighted by atomic mass is 9.97. The van der Waals surface area contributed by atoms with E-state index in [0.717, 1.165) is 22.5 Å². The van der Waals surface area contributed by atoms with E-state index in [0.29, 0.717) is 18.1 Å². The molecule has 0 atom stereocenters. The first-order chi connectivity index (χ1) is 11.2. The van der Waals surface area contributed by atoms with Crippen LogP contribution in [-0.2, 0) is 4.79 Å². The number of ether oxygens (including phenoxy) is 1. The summed E-state index contributed by atoms with van der Waals surface area (Å²) in [5, 5.41) is 6.65. The third-order valence-electron chi connectivity index (χ3n) is 3.92. The Morgan fingerprint density at radius 1 is 1.13 bits per heavy atom. The van der Waals surface area contributed by atoms with E-state index in [4.69, 9.17) is 15.6 Å². The van der Waals surface area contributed by atoms with Crippen LogP contribution in [0.4, 0.5) is 5.69 Å². The summed E-state index contributed by atoms with van der Waals surface area (Å²) in [6.07, 6.45) is 0.0747. The molecule has 5 heteroatoms. The van der Waals surface area contributed by atoms with Gasteiger partial charge < -0.3 is 10.5 Å². The van der Waals surface area contributed by atoms with E-state index in [9.17, 15) is 4.79 Å². The van der Waals surface area contributed by atoms with Gasteiger partial charge in [-0.2, -0.15) is 5.10 Å². The number of rotatable bonds is 3. The molecule has 4 rings (SSSR count). The fourth-order valence-electron chi connectivity index (χ4n) is 2.87. The molecule has 0 radical (unpaired) electrons. The zero-order valence-electron chi connectivity index (χ0n) is 12.4. The molecule has 114 valence electrons. The van der Waals surface area contributed by atoms with Crippen LogP contribution in [0.15, 0.2) is 71.0 Å². The Labute approximate surface area is 133 Å². The van der Waals surface area contributed by atoms with Crippen molar-refractivity contribution in [3.8, 4) is 5.75 Å². The molecule has 1 amide bonds. The summed E-state index contributed by atoms with van der Waals surface area (Å²) in [6.45, 7) is 0.566. The van der Waals surface area contributed by atoms with Crippen molar-refractivity contribution in [3.63, 3.8) is 0 Å². The topological polar surface area (TPSA) is 67.9 Å². The lowest BCUT2D eigenvalue weighted by Crippen LogP contribution is -2.22. The van der Waals surface area contributed by atoms with E-state index in [1.54, 1.807) is 0 Å². The van der Waals surface area contributed by atoms with Crippen molar-refractivity contribution < 1.29 is 9.53 Å². The van der Waals surface area contributed by atoms with Gasteiger partial charge in [-0.3, -0.25) is 9.80 Å². The third-order valence-corrected chi connectivity index (χ3v) is 3.92. The Morgan fingerprint density at radius 3 is 2.65 bits per heavy atom.